The van der Waals surface area contributed by atoms with E-state index in [1.165, 1.54) is 25.0 Å². The molecule has 6 heteroatoms. The smallest absolute Gasteiger partial charge is 0.271 e. The van der Waals surface area contributed by atoms with Crippen molar-refractivity contribution in [1.29, 1.82) is 0 Å². The molecule has 1 aromatic heterocycles. The number of likely N-dealkylation sites (tertiary alicyclic amines) is 1. The number of H-pyrrole nitrogens is 1. The van der Waals surface area contributed by atoms with E-state index >= 15 is 0 Å². The van der Waals surface area contributed by atoms with Gasteiger partial charge >= 0.3 is 0 Å². The summed E-state index contributed by atoms with van der Waals surface area (Å²) in [6.45, 7) is 2.13. The maximum Gasteiger partial charge on any atom is 0.271 e. The number of piperidine rings is 1. The number of rotatable bonds is 3. The zero-order valence-corrected chi connectivity index (χ0v) is 10.8. The van der Waals surface area contributed by atoms with Gasteiger partial charge in [0.15, 0.2) is 0 Å². The maximum atomic E-state index is 11.9. The van der Waals surface area contributed by atoms with Crippen LogP contribution in [0.5, 0.6) is 0 Å². The third kappa shape index (κ3) is 3.01. The van der Waals surface area contributed by atoms with Crippen molar-refractivity contribution < 1.29 is 4.79 Å². The van der Waals surface area contributed by atoms with Crippen molar-refractivity contribution in [3.05, 3.63) is 28.2 Å². The van der Waals surface area contributed by atoms with Gasteiger partial charge in [-0.3, -0.25) is 9.59 Å². The summed E-state index contributed by atoms with van der Waals surface area (Å²) in [5, 5.41) is 8.99. The van der Waals surface area contributed by atoms with Crippen LogP contribution < -0.4 is 10.9 Å². The van der Waals surface area contributed by atoms with Gasteiger partial charge in [0, 0.05) is 31.2 Å². The molecule has 1 aromatic rings. The minimum Gasteiger partial charge on any atom is -0.348 e. The van der Waals surface area contributed by atoms with E-state index in [2.05, 4.69) is 20.4 Å². The number of amides is 1. The van der Waals surface area contributed by atoms with Crippen LogP contribution in [0.25, 0.3) is 0 Å². The van der Waals surface area contributed by atoms with Crippen molar-refractivity contribution in [3.8, 4) is 0 Å². The van der Waals surface area contributed by atoms with E-state index in [0.717, 1.165) is 32.0 Å². The molecule has 6 nitrogen and oxygen atoms in total. The first-order chi connectivity index (χ1) is 9.22. The highest BCUT2D eigenvalue weighted by molar-refractivity contribution is 5.92. The van der Waals surface area contributed by atoms with Gasteiger partial charge in [-0.25, -0.2) is 5.10 Å². The fourth-order valence-corrected chi connectivity index (χ4v) is 2.58. The maximum absolute atomic E-state index is 11.9. The monoisotopic (exact) mass is 262 g/mol. The number of carbonyl (C=O) groups excluding carboxylic acids is 1. The Morgan fingerprint density at radius 3 is 2.58 bits per heavy atom. The quantitative estimate of drug-likeness (QED) is 0.811. The molecule has 0 atom stereocenters. The lowest BCUT2D eigenvalue weighted by atomic mass is 10.0. The van der Waals surface area contributed by atoms with Crippen molar-refractivity contribution in [2.75, 3.05) is 13.1 Å². The Morgan fingerprint density at radius 2 is 2.00 bits per heavy atom. The van der Waals surface area contributed by atoms with Crippen LogP contribution in [-0.4, -0.2) is 46.2 Å². The normalized spacial score (nSPS) is 21.3. The standard InChI is InChI=1S/C13H18N4O2/c18-12-4-3-11(15-16-12)13(19)14-9-5-7-17(8-6-9)10-1-2-10/h3-4,9-10H,1-2,5-8H2,(H,14,19)(H,16,18). The van der Waals surface area contributed by atoms with Crippen LogP contribution in [0.1, 0.15) is 36.2 Å². The molecular formula is C13H18N4O2. The Bertz CT molecular complexity index is 495. The Labute approximate surface area is 111 Å². The zero-order chi connectivity index (χ0) is 13.2. The first-order valence-corrected chi connectivity index (χ1v) is 6.83. The third-order valence-electron chi connectivity index (χ3n) is 3.84. The molecule has 2 heterocycles. The lowest BCUT2D eigenvalue weighted by molar-refractivity contribution is 0.0903. The molecular weight excluding hydrogens is 244 g/mol. The van der Waals surface area contributed by atoms with Crippen molar-refractivity contribution in [2.24, 2.45) is 0 Å². The molecule has 1 saturated carbocycles. The van der Waals surface area contributed by atoms with Crippen molar-refractivity contribution in [2.45, 2.75) is 37.8 Å². The Balaban J connectivity index is 1.52. The average molecular weight is 262 g/mol. The van der Waals surface area contributed by atoms with Gasteiger partial charge < -0.3 is 10.2 Å². The molecule has 19 heavy (non-hydrogen) atoms. The van der Waals surface area contributed by atoms with Gasteiger partial charge in [-0.1, -0.05) is 0 Å². The van der Waals surface area contributed by atoms with Gasteiger partial charge in [0.05, 0.1) is 0 Å². The second-order valence-corrected chi connectivity index (χ2v) is 5.32. The van der Waals surface area contributed by atoms with E-state index in [4.69, 9.17) is 0 Å². The van der Waals surface area contributed by atoms with Crippen LogP contribution in [0.2, 0.25) is 0 Å². The molecule has 1 saturated heterocycles. The summed E-state index contributed by atoms with van der Waals surface area (Å²) in [5.74, 6) is -0.207. The van der Waals surface area contributed by atoms with E-state index in [-0.39, 0.29) is 23.2 Å². The zero-order valence-electron chi connectivity index (χ0n) is 10.8. The lowest BCUT2D eigenvalue weighted by Gasteiger charge is -2.32. The summed E-state index contributed by atoms with van der Waals surface area (Å²) in [5.41, 5.74) is -0.0292. The second kappa shape index (κ2) is 5.13. The number of aromatic nitrogens is 2. The Kier molecular flexibility index (Phi) is 3.33. The molecule has 2 fully saturated rings. The van der Waals surface area contributed by atoms with Crippen molar-refractivity contribution in [1.82, 2.24) is 20.4 Å². The molecule has 1 aliphatic heterocycles. The van der Waals surface area contributed by atoms with Gasteiger partial charge in [-0.05, 0) is 31.7 Å². The summed E-state index contributed by atoms with van der Waals surface area (Å²) in [7, 11) is 0. The van der Waals surface area contributed by atoms with Crippen LogP contribution in [0.4, 0.5) is 0 Å². The Morgan fingerprint density at radius 1 is 1.26 bits per heavy atom. The van der Waals surface area contributed by atoms with E-state index in [9.17, 15) is 9.59 Å². The average Bonchev–Trinajstić information content (AvgIpc) is 3.25. The van der Waals surface area contributed by atoms with Crippen LogP contribution in [-0.2, 0) is 0 Å². The minimum absolute atomic E-state index is 0.207. The molecule has 0 unspecified atom stereocenters. The first-order valence-electron chi connectivity index (χ1n) is 6.83. The van der Waals surface area contributed by atoms with Crippen molar-refractivity contribution in [3.63, 3.8) is 0 Å². The van der Waals surface area contributed by atoms with E-state index in [1.807, 2.05) is 0 Å². The van der Waals surface area contributed by atoms with Gasteiger partial charge in [-0.2, -0.15) is 5.10 Å². The van der Waals surface area contributed by atoms with Gasteiger partial charge in [0.25, 0.3) is 11.5 Å². The van der Waals surface area contributed by atoms with Gasteiger partial charge in [0.2, 0.25) is 0 Å². The van der Waals surface area contributed by atoms with E-state index in [1.54, 1.807) is 0 Å². The van der Waals surface area contributed by atoms with Gasteiger partial charge in [0.1, 0.15) is 5.69 Å². The number of aromatic amines is 1. The molecule has 2 aliphatic rings. The fraction of sp³-hybridized carbons (Fsp3) is 0.615. The van der Waals surface area contributed by atoms with Crippen LogP contribution >= 0.6 is 0 Å². The second-order valence-electron chi connectivity index (χ2n) is 5.32. The lowest BCUT2D eigenvalue weighted by Crippen LogP contribution is -2.45. The first kappa shape index (κ1) is 12.3. The molecule has 0 bridgehead atoms. The predicted octanol–water partition coefficient (Wildman–Crippen LogP) is 0.126. The summed E-state index contributed by atoms with van der Waals surface area (Å²) in [6, 6.07) is 3.79. The third-order valence-corrected chi connectivity index (χ3v) is 3.84. The number of carbonyl (C=O) groups is 1. The van der Waals surface area contributed by atoms with Crippen molar-refractivity contribution >= 4 is 5.91 Å². The van der Waals surface area contributed by atoms with E-state index in [0.29, 0.717) is 0 Å². The highest BCUT2D eigenvalue weighted by Crippen LogP contribution is 2.29. The van der Waals surface area contributed by atoms with Crippen LogP contribution in [0.3, 0.4) is 0 Å². The molecule has 1 aliphatic carbocycles. The largest absolute Gasteiger partial charge is 0.348 e. The Hall–Kier alpha value is -1.69. The number of hydrogen-bond donors (Lipinski definition) is 2. The fourth-order valence-electron chi connectivity index (χ4n) is 2.58. The summed E-state index contributed by atoms with van der Waals surface area (Å²) in [4.78, 5) is 25.3. The molecule has 0 aromatic carbocycles. The molecule has 102 valence electrons. The number of hydrogen-bond acceptors (Lipinski definition) is 4. The molecule has 0 radical (unpaired) electrons. The van der Waals surface area contributed by atoms with E-state index < -0.39 is 0 Å². The predicted molar refractivity (Wildman–Crippen MR) is 69.9 cm³/mol. The molecule has 1 amide bonds. The van der Waals surface area contributed by atoms with Gasteiger partial charge in [-0.15, -0.1) is 0 Å². The molecule has 3 rings (SSSR count). The topological polar surface area (TPSA) is 78.1 Å². The van der Waals surface area contributed by atoms with Crippen LogP contribution in [0.15, 0.2) is 16.9 Å². The summed E-state index contributed by atoms with van der Waals surface area (Å²) >= 11 is 0. The van der Waals surface area contributed by atoms with Crippen LogP contribution in [0, 0.1) is 0 Å². The molecule has 0 spiro atoms. The highest BCUT2D eigenvalue weighted by atomic mass is 16.2. The summed E-state index contributed by atoms with van der Waals surface area (Å²) in [6.07, 6.45) is 4.65. The summed E-state index contributed by atoms with van der Waals surface area (Å²) < 4.78 is 0. The molecule has 2 N–H and O–H groups in total. The number of nitrogens with zero attached hydrogens (tertiary/aromatic N) is 2. The SMILES string of the molecule is O=C(NC1CCN(C2CC2)CC1)c1ccc(=O)[nH]n1. The highest BCUT2D eigenvalue weighted by Gasteiger charge is 2.32. The minimum atomic E-state index is -0.297. The number of nitrogens with one attached hydrogen (secondary N) is 2.